The van der Waals surface area contributed by atoms with Crippen LogP contribution in [0.1, 0.15) is 76.7 Å². The van der Waals surface area contributed by atoms with Gasteiger partial charge in [0.15, 0.2) is 0 Å². The highest BCUT2D eigenvalue weighted by Gasteiger charge is 2.68. The van der Waals surface area contributed by atoms with Crippen LogP contribution in [0.5, 0.6) is 0 Å². The zero-order valence-corrected chi connectivity index (χ0v) is 17.5. The van der Waals surface area contributed by atoms with Crippen LogP contribution in [0.2, 0.25) is 0 Å². The van der Waals surface area contributed by atoms with Crippen molar-refractivity contribution in [2.45, 2.75) is 88.9 Å². The highest BCUT2D eigenvalue weighted by Crippen LogP contribution is 2.70. The molecule has 0 bridgehead atoms. The Balaban J connectivity index is 1.50. The first-order valence-corrected chi connectivity index (χ1v) is 11.4. The van der Waals surface area contributed by atoms with Crippen molar-refractivity contribution < 1.29 is 19.7 Å². The molecule has 1 aromatic rings. The first-order valence-electron chi connectivity index (χ1n) is 11.4. The van der Waals surface area contributed by atoms with Crippen LogP contribution < -0.4 is 5.63 Å². The second-order valence-corrected chi connectivity index (χ2v) is 10.9. The maximum absolute atomic E-state index is 12.2. The summed E-state index contributed by atoms with van der Waals surface area (Å²) in [6.07, 6.45) is 7.40. The predicted octanol–water partition coefficient (Wildman–Crippen LogP) is 3.21. The summed E-state index contributed by atoms with van der Waals surface area (Å²) in [7, 11) is 0. The first kappa shape index (κ1) is 19.8. The number of hydrogen-bond acceptors (Lipinski definition) is 5. The molecular formula is C24H34O5. The summed E-state index contributed by atoms with van der Waals surface area (Å²) in [4.78, 5) is 11.4. The van der Waals surface area contributed by atoms with Crippen molar-refractivity contribution in [1.82, 2.24) is 0 Å². The van der Waals surface area contributed by atoms with Crippen LogP contribution in [0.4, 0.5) is 0 Å². The number of aliphatic hydroxyl groups is 3. The monoisotopic (exact) mass is 402 g/mol. The third-order valence-electron chi connectivity index (χ3n) is 10.0. The minimum absolute atomic E-state index is 0.174. The van der Waals surface area contributed by atoms with Crippen LogP contribution in [0.3, 0.4) is 0 Å². The summed E-state index contributed by atoms with van der Waals surface area (Å²) < 4.78 is 5.15. The molecule has 0 saturated heterocycles. The van der Waals surface area contributed by atoms with Gasteiger partial charge < -0.3 is 19.7 Å². The van der Waals surface area contributed by atoms with Crippen molar-refractivity contribution in [1.29, 1.82) is 0 Å². The molecule has 5 heteroatoms. The second kappa shape index (κ2) is 6.41. The van der Waals surface area contributed by atoms with Crippen LogP contribution in [-0.2, 0) is 0 Å². The van der Waals surface area contributed by atoms with Gasteiger partial charge in [0.1, 0.15) is 0 Å². The fourth-order valence-corrected chi connectivity index (χ4v) is 8.37. The van der Waals surface area contributed by atoms with Gasteiger partial charge in [0.25, 0.3) is 0 Å². The number of fused-ring (bicyclic) bond motifs is 5. The molecule has 3 N–H and O–H groups in total. The van der Waals surface area contributed by atoms with Crippen molar-refractivity contribution in [3.8, 4) is 0 Å². The van der Waals surface area contributed by atoms with E-state index in [1.165, 1.54) is 6.07 Å². The molecule has 5 rings (SSSR count). The molecule has 0 aromatic carbocycles. The van der Waals surface area contributed by atoms with Gasteiger partial charge in [-0.25, -0.2) is 4.79 Å². The fraction of sp³-hybridized carbons (Fsp3) is 0.792. The van der Waals surface area contributed by atoms with E-state index in [1.54, 1.807) is 6.26 Å². The van der Waals surface area contributed by atoms with Gasteiger partial charge >= 0.3 is 5.63 Å². The Morgan fingerprint density at radius 3 is 2.52 bits per heavy atom. The third kappa shape index (κ3) is 2.53. The molecule has 1 aromatic heterocycles. The average molecular weight is 403 g/mol. The molecule has 1 heterocycles. The summed E-state index contributed by atoms with van der Waals surface area (Å²) >= 11 is 0. The van der Waals surface area contributed by atoms with Gasteiger partial charge in [-0.3, -0.25) is 0 Å². The molecule has 160 valence electrons. The molecule has 0 aliphatic heterocycles. The highest BCUT2D eigenvalue weighted by molar-refractivity contribution is 5.27. The van der Waals surface area contributed by atoms with Crippen LogP contribution >= 0.6 is 0 Å². The predicted molar refractivity (Wildman–Crippen MR) is 108 cm³/mol. The van der Waals surface area contributed by atoms with Gasteiger partial charge in [-0.2, -0.15) is 0 Å². The van der Waals surface area contributed by atoms with Crippen molar-refractivity contribution >= 4 is 0 Å². The van der Waals surface area contributed by atoms with E-state index in [2.05, 4.69) is 13.8 Å². The van der Waals surface area contributed by atoms with Gasteiger partial charge in [0, 0.05) is 11.5 Å². The van der Waals surface area contributed by atoms with E-state index >= 15 is 0 Å². The zero-order valence-electron chi connectivity index (χ0n) is 17.5. The Bertz CT molecular complexity index is 829. The molecule has 5 nitrogen and oxygen atoms in total. The fourth-order valence-electron chi connectivity index (χ4n) is 8.37. The Morgan fingerprint density at radius 1 is 1.00 bits per heavy atom. The lowest BCUT2D eigenvalue weighted by Crippen LogP contribution is -2.64. The molecule has 4 aliphatic rings. The maximum Gasteiger partial charge on any atom is 0.335 e. The molecule has 0 unspecified atom stereocenters. The molecule has 4 aliphatic carbocycles. The van der Waals surface area contributed by atoms with Gasteiger partial charge in [-0.1, -0.05) is 13.8 Å². The average Bonchev–Trinajstić information content (AvgIpc) is 2.95. The minimum atomic E-state index is -0.763. The van der Waals surface area contributed by atoms with E-state index < -0.39 is 17.8 Å². The lowest BCUT2D eigenvalue weighted by Gasteiger charge is -2.64. The maximum atomic E-state index is 12.2. The van der Waals surface area contributed by atoms with Gasteiger partial charge in [0.2, 0.25) is 0 Å². The number of aliphatic hydroxyl groups excluding tert-OH is 2. The normalized spacial score (nSPS) is 51.8. The summed E-state index contributed by atoms with van der Waals surface area (Å²) in [6, 6.07) is 3.35. The first-order chi connectivity index (χ1) is 13.7. The largest absolute Gasteiger partial charge is 0.431 e. The Hall–Kier alpha value is -1.17. The number of hydrogen-bond donors (Lipinski definition) is 3. The van der Waals surface area contributed by atoms with Crippen LogP contribution in [0.15, 0.2) is 27.6 Å². The Kier molecular flexibility index (Phi) is 4.37. The van der Waals surface area contributed by atoms with E-state index in [4.69, 9.17) is 4.42 Å². The lowest BCUT2D eigenvalue weighted by molar-refractivity contribution is -0.229. The summed E-state index contributed by atoms with van der Waals surface area (Å²) in [5, 5.41) is 33.4. The summed E-state index contributed by atoms with van der Waals surface area (Å²) in [5.41, 5.74) is -0.564. The summed E-state index contributed by atoms with van der Waals surface area (Å²) in [5.74, 6) is 0.972. The summed E-state index contributed by atoms with van der Waals surface area (Å²) in [6.45, 7) is 4.44. The van der Waals surface area contributed by atoms with Crippen molar-refractivity contribution in [2.75, 3.05) is 0 Å². The molecule has 0 radical (unpaired) electrons. The van der Waals surface area contributed by atoms with E-state index in [1.807, 2.05) is 6.07 Å². The molecule has 29 heavy (non-hydrogen) atoms. The van der Waals surface area contributed by atoms with Crippen LogP contribution in [0.25, 0.3) is 0 Å². The Labute approximate surface area is 172 Å². The molecular weight excluding hydrogens is 368 g/mol. The molecule has 9 atom stereocenters. The topological polar surface area (TPSA) is 90.9 Å². The second-order valence-electron chi connectivity index (χ2n) is 10.9. The van der Waals surface area contributed by atoms with Gasteiger partial charge in [-0.15, -0.1) is 0 Å². The third-order valence-corrected chi connectivity index (χ3v) is 10.0. The van der Waals surface area contributed by atoms with Gasteiger partial charge in [0.05, 0.1) is 24.1 Å². The van der Waals surface area contributed by atoms with E-state index in [-0.39, 0.29) is 34.2 Å². The van der Waals surface area contributed by atoms with Crippen LogP contribution in [-0.4, -0.2) is 33.1 Å². The van der Waals surface area contributed by atoms with Crippen LogP contribution in [0, 0.1) is 28.6 Å². The standard InChI is InChI=1S/C24H34O5/c1-22-9-7-18-19(5-4-15-11-16(25)12-20(26)23(15,18)2)24(22,28)10-8-17(22)14-3-6-21(27)29-13-14/h3,6,13,15-20,25-26,28H,4-5,7-12H2,1-2H3/t15-,16-,17-,18+,19-,20-,22-,23-,24+/m1/s1. The SMILES string of the molecule is C[C@@]12[C@H](CC[C@@H]3[C@@H]1CC[C@]1(C)[C@@H](c4ccc(=O)oc4)CC[C@]31O)C[C@@H](O)C[C@H]2O. The van der Waals surface area contributed by atoms with Crippen molar-refractivity contribution in [3.05, 3.63) is 34.4 Å². The zero-order chi connectivity index (χ0) is 20.6. The quantitative estimate of drug-likeness (QED) is 0.671. The highest BCUT2D eigenvalue weighted by atomic mass is 16.4. The number of rotatable bonds is 1. The minimum Gasteiger partial charge on any atom is -0.431 e. The van der Waals surface area contributed by atoms with E-state index in [0.29, 0.717) is 12.3 Å². The van der Waals surface area contributed by atoms with Crippen molar-refractivity contribution in [2.24, 2.45) is 28.6 Å². The van der Waals surface area contributed by atoms with Gasteiger partial charge in [-0.05, 0) is 92.1 Å². The van der Waals surface area contributed by atoms with E-state index in [9.17, 15) is 20.1 Å². The smallest absolute Gasteiger partial charge is 0.335 e. The van der Waals surface area contributed by atoms with E-state index in [0.717, 1.165) is 50.5 Å². The Morgan fingerprint density at radius 2 is 1.79 bits per heavy atom. The molecule has 0 amide bonds. The lowest BCUT2D eigenvalue weighted by atomic mass is 9.42. The molecule has 4 fully saturated rings. The molecule has 4 saturated carbocycles. The van der Waals surface area contributed by atoms with Crippen molar-refractivity contribution in [3.63, 3.8) is 0 Å². The molecule has 0 spiro atoms.